The van der Waals surface area contributed by atoms with Gasteiger partial charge in [0.2, 0.25) is 0 Å². The van der Waals surface area contributed by atoms with E-state index in [4.69, 9.17) is 0 Å². The summed E-state index contributed by atoms with van der Waals surface area (Å²) >= 11 is 3.72. The van der Waals surface area contributed by atoms with Crippen LogP contribution in [-0.2, 0) is 24.8 Å². The number of hydrogen-bond acceptors (Lipinski definition) is 7. The van der Waals surface area contributed by atoms with Crippen molar-refractivity contribution >= 4 is 44.7 Å². The summed E-state index contributed by atoms with van der Waals surface area (Å²) in [4.78, 5) is 26.6. The van der Waals surface area contributed by atoms with Crippen molar-refractivity contribution in [2.24, 2.45) is 0 Å². The highest BCUT2D eigenvalue weighted by atomic mass is 32.2. The maximum atomic E-state index is 13.7. The number of aromatic amines is 1. The molecule has 0 atom stereocenters. The van der Waals surface area contributed by atoms with Crippen molar-refractivity contribution in [1.29, 1.82) is 5.26 Å². The Bertz CT molecular complexity index is 1430. The topological polar surface area (TPSA) is 82.4 Å². The number of rotatable bonds is 4. The summed E-state index contributed by atoms with van der Waals surface area (Å²) in [6.45, 7) is 0. The fourth-order valence-corrected chi connectivity index (χ4v) is 6.60. The summed E-state index contributed by atoms with van der Waals surface area (Å²) in [5, 5.41) is 11.8. The van der Waals surface area contributed by atoms with Gasteiger partial charge in [-0.05, 0) is 42.3 Å². The van der Waals surface area contributed by atoms with Gasteiger partial charge in [0.1, 0.15) is 21.7 Å². The molecule has 0 saturated heterocycles. The summed E-state index contributed by atoms with van der Waals surface area (Å²) in [5.41, 5.74) is -0.569. The van der Waals surface area contributed by atoms with Crippen molar-refractivity contribution in [2.45, 2.75) is 36.2 Å². The fourth-order valence-electron chi connectivity index (χ4n) is 3.76. The van der Waals surface area contributed by atoms with Crippen molar-refractivity contribution in [1.82, 2.24) is 15.0 Å². The van der Waals surface area contributed by atoms with Gasteiger partial charge in [-0.1, -0.05) is 17.8 Å². The van der Waals surface area contributed by atoms with E-state index in [0.29, 0.717) is 20.9 Å². The van der Waals surface area contributed by atoms with Gasteiger partial charge in [0, 0.05) is 4.88 Å². The fraction of sp³-hybridized carbons (Fsp3) is 0.238. The lowest BCUT2D eigenvalue weighted by atomic mass is 10.1. The number of aryl methyl sites for hydroxylation is 2. The molecule has 32 heavy (non-hydrogen) atoms. The number of H-pyrrole nitrogens is 1. The molecule has 0 fully saturated rings. The molecule has 0 saturated carbocycles. The Kier molecular flexibility index (Phi) is 5.31. The molecule has 4 aromatic heterocycles. The molecule has 5 nitrogen and oxygen atoms in total. The summed E-state index contributed by atoms with van der Waals surface area (Å²) in [6, 6.07) is 5.97. The highest BCUT2D eigenvalue weighted by molar-refractivity contribution is 7.98. The SMILES string of the molecule is N#Cc1c(C(F)(F)F)cc(-c2cccs2)nc1SCc1nc2sc3c(c2c(=O)[nH]1)CCC3. The maximum Gasteiger partial charge on any atom is 0.417 e. The van der Waals surface area contributed by atoms with Gasteiger partial charge < -0.3 is 4.98 Å². The molecule has 0 aromatic carbocycles. The van der Waals surface area contributed by atoms with Gasteiger partial charge in [-0.2, -0.15) is 18.4 Å². The Labute approximate surface area is 192 Å². The lowest BCUT2D eigenvalue weighted by molar-refractivity contribution is -0.138. The van der Waals surface area contributed by atoms with Crippen molar-refractivity contribution in [3.63, 3.8) is 0 Å². The Morgan fingerprint density at radius 2 is 2.12 bits per heavy atom. The maximum absolute atomic E-state index is 13.7. The van der Waals surface area contributed by atoms with Crippen LogP contribution in [0.3, 0.4) is 0 Å². The van der Waals surface area contributed by atoms with E-state index >= 15 is 0 Å². The molecule has 4 heterocycles. The standard InChI is InChI=1S/C21H13F3N4OS3/c22-21(23,24)12-7-13(15-5-2-6-30-15)26-19(11(12)8-25)31-9-16-27-18(29)17-10-3-1-4-14(10)32-20(17)28-16/h2,5-7H,1,3-4,9H2,(H,27,28,29). The first-order chi connectivity index (χ1) is 15.3. The van der Waals surface area contributed by atoms with Crippen LogP contribution in [-0.4, -0.2) is 15.0 Å². The third-order valence-corrected chi connectivity index (χ3v) is 8.21. The minimum absolute atomic E-state index is 0.0397. The van der Waals surface area contributed by atoms with Gasteiger partial charge in [-0.3, -0.25) is 4.79 Å². The van der Waals surface area contributed by atoms with Gasteiger partial charge in [0.15, 0.2) is 0 Å². The highest BCUT2D eigenvalue weighted by Gasteiger charge is 2.36. The molecule has 0 amide bonds. The number of fused-ring (bicyclic) bond motifs is 3. The number of alkyl halides is 3. The second kappa shape index (κ2) is 8.03. The zero-order valence-electron chi connectivity index (χ0n) is 16.2. The quantitative estimate of drug-likeness (QED) is 0.367. The normalized spacial score (nSPS) is 13.4. The van der Waals surface area contributed by atoms with E-state index in [-0.39, 0.29) is 22.0 Å². The van der Waals surface area contributed by atoms with Crippen LogP contribution in [0.15, 0.2) is 33.4 Å². The number of nitrogens with zero attached hydrogens (tertiary/aromatic N) is 3. The summed E-state index contributed by atoms with van der Waals surface area (Å²) in [5.74, 6) is 0.425. The van der Waals surface area contributed by atoms with E-state index in [1.807, 2.05) is 0 Å². The van der Waals surface area contributed by atoms with Crippen LogP contribution in [0.4, 0.5) is 13.2 Å². The number of aromatic nitrogens is 3. The van der Waals surface area contributed by atoms with Crippen LogP contribution >= 0.6 is 34.4 Å². The van der Waals surface area contributed by atoms with Crippen molar-refractivity contribution in [2.75, 3.05) is 0 Å². The number of thioether (sulfide) groups is 1. The molecule has 4 aromatic rings. The minimum Gasteiger partial charge on any atom is -0.309 e. The molecule has 1 N–H and O–H groups in total. The summed E-state index contributed by atoms with van der Waals surface area (Å²) < 4.78 is 41.0. The predicted octanol–water partition coefficient (Wildman–Crippen LogP) is 5.78. The molecule has 0 aliphatic heterocycles. The zero-order chi connectivity index (χ0) is 22.5. The molecule has 1 aliphatic rings. The average Bonchev–Trinajstić information content (AvgIpc) is 3.48. The Balaban J connectivity index is 1.53. The Morgan fingerprint density at radius 1 is 1.28 bits per heavy atom. The zero-order valence-corrected chi connectivity index (χ0v) is 18.7. The van der Waals surface area contributed by atoms with Gasteiger partial charge in [0.05, 0.1) is 32.8 Å². The second-order valence-electron chi connectivity index (χ2n) is 7.16. The molecule has 1 aliphatic carbocycles. The number of pyridine rings is 1. The molecule has 11 heteroatoms. The van der Waals surface area contributed by atoms with Gasteiger partial charge in [0.25, 0.3) is 5.56 Å². The van der Waals surface area contributed by atoms with Crippen LogP contribution < -0.4 is 5.56 Å². The van der Waals surface area contributed by atoms with Crippen LogP contribution in [0.5, 0.6) is 0 Å². The summed E-state index contributed by atoms with van der Waals surface area (Å²) in [7, 11) is 0. The van der Waals surface area contributed by atoms with E-state index < -0.39 is 17.3 Å². The monoisotopic (exact) mass is 490 g/mol. The first-order valence-electron chi connectivity index (χ1n) is 9.57. The van der Waals surface area contributed by atoms with E-state index in [1.165, 1.54) is 27.6 Å². The van der Waals surface area contributed by atoms with E-state index in [0.717, 1.165) is 42.7 Å². The lowest BCUT2D eigenvalue weighted by Crippen LogP contribution is -2.12. The van der Waals surface area contributed by atoms with Crippen LogP contribution in [0, 0.1) is 11.3 Å². The van der Waals surface area contributed by atoms with Crippen LogP contribution in [0.1, 0.15) is 33.8 Å². The predicted molar refractivity (Wildman–Crippen MR) is 119 cm³/mol. The summed E-state index contributed by atoms with van der Waals surface area (Å²) in [6.07, 6.45) is -1.87. The van der Waals surface area contributed by atoms with E-state index in [1.54, 1.807) is 23.6 Å². The molecule has 0 unspecified atom stereocenters. The number of thiophene rings is 2. The third-order valence-electron chi connectivity index (χ3n) is 5.15. The smallest absolute Gasteiger partial charge is 0.309 e. The van der Waals surface area contributed by atoms with Gasteiger partial charge >= 0.3 is 6.18 Å². The molecule has 0 spiro atoms. The number of nitriles is 1. The largest absolute Gasteiger partial charge is 0.417 e. The minimum atomic E-state index is -4.70. The van der Waals surface area contributed by atoms with Gasteiger partial charge in [-0.25, -0.2) is 9.97 Å². The molecular weight excluding hydrogens is 477 g/mol. The third kappa shape index (κ3) is 3.72. The average molecular weight is 491 g/mol. The Hall–Kier alpha value is -2.68. The molecule has 162 valence electrons. The van der Waals surface area contributed by atoms with E-state index in [2.05, 4.69) is 15.0 Å². The van der Waals surface area contributed by atoms with Crippen molar-refractivity contribution < 1.29 is 13.2 Å². The molecule has 5 rings (SSSR count). The number of hydrogen-bond donors (Lipinski definition) is 1. The highest BCUT2D eigenvalue weighted by Crippen LogP contribution is 2.39. The lowest BCUT2D eigenvalue weighted by Gasteiger charge is -2.13. The molecule has 0 bridgehead atoms. The van der Waals surface area contributed by atoms with Crippen molar-refractivity contribution in [3.8, 4) is 16.6 Å². The molecule has 0 radical (unpaired) electrons. The first-order valence-corrected chi connectivity index (χ1v) is 12.3. The Morgan fingerprint density at radius 3 is 2.84 bits per heavy atom. The van der Waals surface area contributed by atoms with Gasteiger partial charge in [-0.15, -0.1) is 22.7 Å². The molecular formula is C21H13F3N4OS3. The van der Waals surface area contributed by atoms with Crippen LogP contribution in [0.25, 0.3) is 20.8 Å². The first kappa shape index (κ1) is 21.2. The number of nitrogens with one attached hydrogen (secondary N) is 1. The van der Waals surface area contributed by atoms with Crippen LogP contribution in [0.2, 0.25) is 0 Å². The second-order valence-corrected chi connectivity index (χ2v) is 10.2. The van der Waals surface area contributed by atoms with E-state index in [9.17, 15) is 23.2 Å². The number of halogens is 3. The van der Waals surface area contributed by atoms with Crippen molar-refractivity contribution in [3.05, 3.63) is 61.3 Å².